The molecule has 0 spiro atoms. The second kappa shape index (κ2) is 7.91. The highest BCUT2D eigenvalue weighted by Crippen LogP contribution is 2.32. The average molecular weight is 354 g/mol. The van der Waals surface area contributed by atoms with Crippen LogP contribution in [0.3, 0.4) is 0 Å². The van der Waals surface area contributed by atoms with E-state index in [0.717, 1.165) is 16.8 Å². The summed E-state index contributed by atoms with van der Waals surface area (Å²) in [4.78, 5) is 25.8. The number of aryl methyl sites for hydroxylation is 1. The van der Waals surface area contributed by atoms with Gasteiger partial charge in [-0.15, -0.1) is 0 Å². The van der Waals surface area contributed by atoms with E-state index in [9.17, 15) is 9.59 Å². The van der Waals surface area contributed by atoms with Crippen LogP contribution in [0.25, 0.3) is 0 Å². The second-order valence-corrected chi connectivity index (χ2v) is 6.24. The van der Waals surface area contributed by atoms with Gasteiger partial charge in [0.15, 0.2) is 11.5 Å². The van der Waals surface area contributed by atoms with E-state index >= 15 is 0 Å². The molecule has 0 aromatic heterocycles. The highest BCUT2D eigenvalue weighted by Gasteiger charge is 2.16. The molecule has 6 heteroatoms. The van der Waals surface area contributed by atoms with Gasteiger partial charge < -0.3 is 19.7 Å². The summed E-state index contributed by atoms with van der Waals surface area (Å²) in [5, 5.41) is 2.89. The van der Waals surface area contributed by atoms with E-state index in [2.05, 4.69) is 5.32 Å². The molecule has 0 saturated carbocycles. The molecule has 1 aliphatic heterocycles. The highest BCUT2D eigenvalue weighted by molar-refractivity contribution is 5.91. The van der Waals surface area contributed by atoms with Crippen LogP contribution in [-0.4, -0.2) is 30.1 Å². The topological polar surface area (TPSA) is 67.9 Å². The van der Waals surface area contributed by atoms with Gasteiger partial charge in [0.25, 0.3) is 0 Å². The van der Waals surface area contributed by atoms with Gasteiger partial charge in [-0.25, -0.2) is 0 Å². The molecule has 0 atom stereocenters. The minimum Gasteiger partial charge on any atom is -0.454 e. The van der Waals surface area contributed by atoms with Gasteiger partial charge in [-0.3, -0.25) is 9.59 Å². The monoisotopic (exact) mass is 354 g/mol. The molecule has 0 bridgehead atoms. The maximum atomic E-state index is 12.2. The Kier molecular flexibility index (Phi) is 5.41. The van der Waals surface area contributed by atoms with E-state index in [-0.39, 0.29) is 25.0 Å². The summed E-state index contributed by atoms with van der Waals surface area (Å²) in [6.45, 7) is 4.43. The van der Waals surface area contributed by atoms with Crippen molar-refractivity contribution in [2.45, 2.75) is 26.8 Å². The Morgan fingerprint density at radius 1 is 1.12 bits per heavy atom. The van der Waals surface area contributed by atoms with Crippen molar-refractivity contribution in [1.82, 2.24) is 4.90 Å². The van der Waals surface area contributed by atoms with Crippen molar-refractivity contribution in [2.24, 2.45) is 0 Å². The minimum atomic E-state index is -0.115. The molecule has 1 aliphatic rings. The number of anilines is 1. The first-order valence-electron chi connectivity index (χ1n) is 8.52. The van der Waals surface area contributed by atoms with Crippen LogP contribution in [0.1, 0.15) is 24.5 Å². The molecule has 6 nitrogen and oxygen atoms in total. The third-order valence-electron chi connectivity index (χ3n) is 4.28. The van der Waals surface area contributed by atoms with Gasteiger partial charge in [0.05, 0.1) is 0 Å². The molecule has 2 aromatic rings. The van der Waals surface area contributed by atoms with Crippen LogP contribution in [-0.2, 0) is 16.1 Å². The van der Waals surface area contributed by atoms with Gasteiger partial charge in [-0.05, 0) is 36.2 Å². The van der Waals surface area contributed by atoms with Crippen LogP contribution < -0.4 is 14.8 Å². The van der Waals surface area contributed by atoms with Crippen LogP contribution in [0, 0.1) is 6.92 Å². The molecule has 0 unspecified atom stereocenters. The van der Waals surface area contributed by atoms with Crippen molar-refractivity contribution in [3.8, 4) is 11.5 Å². The zero-order valence-electron chi connectivity index (χ0n) is 15.0. The standard InChI is InChI=1S/C20H22N2O4/c1-14-5-3-4-6-17(14)21-20(24)9-10-22(15(2)23)12-16-7-8-18-19(11-16)26-13-25-18/h3-8,11H,9-10,12-13H2,1-2H3,(H,21,24). The lowest BCUT2D eigenvalue weighted by atomic mass is 10.1. The summed E-state index contributed by atoms with van der Waals surface area (Å²) in [7, 11) is 0. The van der Waals surface area contributed by atoms with Crippen LogP contribution in [0.5, 0.6) is 11.5 Å². The van der Waals surface area contributed by atoms with E-state index in [0.29, 0.717) is 24.6 Å². The lowest BCUT2D eigenvalue weighted by Gasteiger charge is -2.21. The number of fused-ring (bicyclic) bond motifs is 1. The van der Waals surface area contributed by atoms with Crippen molar-refractivity contribution < 1.29 is 19.1 Å². The third-order valence-corrected chi connectivity index (χ3v) is 4.28. The number of carbonyl (C=O) groups is 2. The van der Waals surface area contributed by atoms with Gasteiger partial charge in [-0.1, -0.05) is 24.3 Å². The van der Waals surface area contributed by atoms with E-state index < -0.39 is 0 Å². The van der Waals surface area contributed by atoms with Crippen LogP contribution >= 0.6 is 0 Å². The van der Waals surface area contributed by atoms with Gasteiger partial charge in [0.1, 0.15) is 0 Å². The molecule has 2 aromatic carbocycles. The van der Waals surface area contributed by atoms with Crippen molar-refractivity contribution in [2.75, 3.05) is 18.7 Å². The number of rotatable bonds is 6. The van der Waals surface area contributed by atoms with Crippen LogP contribution in [0.15, 0.2) is 42.5 Å². The number of ether oxygens (including phenoxy) is 2. The van der Waals surface area contributed by atoms with Gasteiger partial charge >= 0.3 is 0 Å². The maximum absolute atomic E-state index is 12.2. The Balaban J connectivity index is 1.58. The maximum Gasteiger partial charge on any atom is 0.231 e. The van der Waals surface area contributed by atoms with E-state index in [1.165, 1.54) is 6.92 Å². The number of hydrogen-bond acceptors (Lipinski definition) is 4. The summed E-state index contributed by atoms with van der Waals surface area (Å²) in [5.41, 5.74) is 2.73. The summed E-state index contributed by atoms with van der Waals surface area (Å²) < 4.78 is 10.7. The van der Waals surface area contributed by atoms with Crippen LogP contribution in [0.2, 0.25) is 0 Å². The largest absolute Gasteiger partial charge is 0.454 e. The molecule has 26 heavy (non-hydrogen) atoms. The number of hydrogen-bond donors (Lipinski definition) is 1. The predicted molar refractivity (Wildman–Crippen MR) is 98.1 cm³/mol. The van der Waals surface area contributed by atoms with Crippen molar-refractivity contribution in [3.63, 3.8) is 0 Å². The third kappa shape index (κ3) is 4.33. The molecule has 136 valence electrons. The van der Waals surface area contributed by atoms with Crippen molar-refractivity contribution >= 4 is 17.5 Å². The summed E-state index contributed by atoms with van der Waals surface area (Å²) in [6.07, 6.45) is 0.235. The molecule has 1 N–H and O–H groups in total. The minimum absolute atomic E-state index is 0.0774. The van der Waals surface area contributed by atoms with Gasteiger partial charge in [0.2, 0.25) is 18.6 Å². The van der Waals surface area contributed by atoms with Gasteiger partial charge in [-0.2, -0.15) is 0 Å². The smallest absolute Gasteiger partial charge is 0.231 e. The normalized spacial score (nSPS) is 11.9. The van der Waals surface area contributed by atoms with Crippen molar-refractivity contribution in [1.29, 1.82) is 0 Å². The average Bonchev–Trinajstić information content (AvgIpc) is 3.08. The fourth-order valence-electron chi connectivity index (χ4n) is 2.77. The molecule has 0 radical (unpaired) electrons. The summed E-state index contributed by atoms with van der Waals surface area (Å²) in [5.74, 6) is 1.20. The molecule has 1 heterocycles. The number of para-hydroxylation sites is 1. The zero-order valence-corrected chi connectivity index (χ0v) is 15.0. The molecule has 0 saturated heterocycles. The Bertz CT molecular complexity index is 819. The van der Waals surface area contributed by atoms with E-state index in [4.69, 9.17) is 9.47 Å². The van der Waals surface area contributed by atoms with Crippen LogP contribution in [0.4, 0.5) is 5.69 Å². The quantitative estimate of drug-likeness (QED) is 0.865. The molecule has 0 fully saturated rings. The molecule has 2 amide bonds. The number of carbonyl (C=O) groups excluding carboxylic acids is 2. The van der Waals surface area contributed by atoms with E-state index in [1.54, 1.807) is 4.90 Å². The zero-order chi connectivity index (χ0) is 18.5. The first kappa shape index (κ1) is 17.8. The highest BCUT2D eigenvalue weighted by atomic mass is 16.7. The first-order valence-corrected chi connectivity index (χ1v) is 8.52. The number of benzene rings is 2. The molecule has 0 aliphatic carbocycles. The Labute approximate surface area is 152 Å². The lowest BCUT2D eigenvalue weighted by Crippen LogP contribution is -2.31. The Morgan fingerprint density at radius 3 is 2.65 bits per heavy atom. The SMILES string of the molecule is CC(=O)N(CCC(=O)Nc1ccccc1C)Cc1ccc2c(c1)OCO2. The fourth-order valence-corrected chi connectivity index (χ4v) is 2.77. The number of amides is 2. The predicted octanol–water partition coefficient (Wildman–Crippen LogP) is 3.10. The Morgan fingerprint density at radius 2 is 1.88 bits per heavy atom. The molecule has 3 rings (SSSR count). The van der Waals surface area contributed by atoms with Gasteiger partial charge in [0, 0.05) is 32.1 Å². The fraction of sp³-hybridized carbons (Fsp3) is 0.300. The molecular weight excluding hydrogens is 332 g/mol. The number of nitrogens with one attached hydrogen (secondary N) is 1. The first-order chi connectivity index (χ1) is 12.5. The lowest BCUT2D eigenvalue weighted by molar-refractivity contribution is -0.129. The summed E-state index contributed by atoms with van der Waals surface area (Å²) in [6, 6.07) is 13.2. The Hall–Kier alpha value is -3.02. The van der Waals surface area contributed by atoms with Crippen molar-refractivity contribution in [3.05, 3.63) is 53.6 Å². The summed E-state index contributed by atoms with van der Waals surface area (Å²) >= 11 is 0. The second-order valence-electron chi connectivity index (χ2n) is 6.24. The number of nitrogens with zero attached hydrogens (tertiary/aromatic N) is 1. The van der Waals surface area contributed by atoms with E-state index in [1.807, 2.05) is 49.4 Å². The molecular formula is C20H22N2O4.